The van der Waals surface area contributed by atoms with Crippen LogP contribution in [0.25, 0.3) is 0 Å². The van der Waals surface area contributed by atoms with Gasteiger partial charge in [-0.3, -0.25) is 9.59 Å². The predicted molar refractivity (Wildman–Crippen MR) is 80.8 cm³/mol. The minimum absolute atomic E-state index is 0.0176. The van der Waals surface area contributed by atoms with Crippen LogP contribution in [0.3, 0.4) is 0 Å². The Bertz CT molecular complexity index is 531. The van der Waals surface area contributed by atoms with Crippen molar-refractivity contribution in [3.8, 4) is 0 Å². The lowest BCUT2D eigenvalue weighted by molar-refractivity contribution is -0.155. The number of amides is 2. The number of hydrogen-bond acceptors (Lipinski definition) is 3. The number of nitrogens with zero attached hydrogens (tertiary/aromatic N) is 1. The summed E-state index contributed by atoms with van der Waals surface area (Å²) >= 11 is 7.38. The van der Waals surface area contributed by atoms with E-state index in [-0.39, 0.29) is 11.8 Å². The zero-order valence-corrected chi connectivity index (χ0v) is 13.5. The summed E-state index contributed by atoms with van der Waals surface area (Å²) in [6.45, 7) is 6.05. The lowest BCUT2D eigenvalue weighted by Gasteiger charge is -2.43. The minimum atomic E-state index is -0.802. The van der Waals surface area contributed by atoms with Crippen LogP contribution in [0.1, 0.15) is 38.5 Å². The van der Waals surface area contributed by atoms with E-state index >= 15 is 0 Å². The average molecular weight is 315 g/mol. The van der Waals surface area contributed by atoms with Crippen LogP contribution >= 0.6 is 22.9 Å². The second kappa shape index (κ2) is 5.74. The lowest BCUT2D eigenvalue weighted by Crippen LogP contribution is -2.68. The van der Waals surface area contributed by atoms with Crippen LogP contribution in [0.4, 0.5) is 0 Å². The van der Waals surface area contributed by atoms with E-state index in [9.17, 15) is 9.59 Å². The predicted octanol–water partition coefficient (Wildman–Crippen LogP) is 2.81. The van der Waals surface area contributed by atoms with Crippen molar-refractivity contribution in [2.45, 2.75) is 51.7 Å². The Kier molecular flexibility index (Phi) is 4.39. The van der Waals surface area contributed by atoms with E-state index in [1.807, 2.05) is 26.0 Å². The number of hydrogen-bond donors (Lipinski definition) is 1. The number of carbonyl (C=O) groups excluding carboxylic acids is 2. The highest BCUT2D eigenvalue weighted by molar-refractivity contribution is 7.16. The molecule has 1 fully saturated rings. The monoisotopic (exact) mass is 314 g/mol. The number of thiophene rings is 1. The van der Waals surface area contributed by atoms with Crippen molar-refractivity contribution in [1.29, 1.82) is 0 Å². The molecule has 0 saturated carbocycles. The van der Waals surface area contributed by atoms with Crippen molar-refractivity contribution in [3.63, 3.8) is 0 Å². The Labute approximate surface area is 128 Å². The molecule has 2 heterocycles. The standard InChI is InChI=1S/C14H19ClN2O2S/c1-4-10-12(18)16-14(3,5-2)13(19)17(10)8-9-6-7-11(15)20-9/h6-7,10H,4-5,8H2,1-3H3,(H,16,18). The Morgan fingerprint density at radius 1 is 1.40 bits per heavy atom. The molecule has 1 aromatic heterocycles. The molecule has 1 N–H and O–H groups in total. The zero-order chi connectivity index (χ0) is 14.9. The van der Waals surface area contributed by atoms with Gasteiger partial charge in [-0.25, -0.2) is 0 Å². The zero-order valence-electron chi connectivity index (χ0n) is 11.9. The molecule has 0 aliphatic carbocycles. The lowest BCUT2D eigenvalue weighted by atomic mass is 9.91. The molecule has 0 bridgehead atoms. The van der Waals surface area contributed by atoms with Gasteiger partial charge in [0.2, 0.25) is 11.8 Å². The maximum absolute atomic E-state index is 12.7. The van der Waals surface area contributed by atoms with Crippen molar-refractivity contribution in [1.82, 2.24) is 10.2 Å². The average Bonchev–Trinajstić information content (AvgIpc) is 2.81. The van der Waals surface area contributed by atoms with Crippen LogP contribution in [-0.2, 0) is 16.1 Å². The van der Waals surface area contributed by atoms with Crippen molar-refractivity contribution >= 4 is 34.8 Å². The Morgan fingerprint density at radius 2 is 2.10 bits per heavy atom. The van der Waals surface area contributed by atoms with E-state index < -0.39 is 11.6 Å². The van der Waals surface area contributed by atoms with Gasteiger partial charge in [-0.05, 0) is 31.9 Å². The first kappa shape index (κ1) is 15.3. The first-order valence-electron chi connectivity index (χ1n) is 6.78. The molecule has 1 aliphatic heterocycles. The summed E-state index contributed by atoms with van der Waals surface area (Å²) in [6, 6.07) is 3.32. The molecule has 2 atom stereocenters. The molecule has 1 aromatic rings. The van der Waals surface area contributed by atoms with E-state index in [0.717, 1.165) is 4.88 Å². The fraction of sp³-hybridized carbons (Fsp3) is 0.571. The molecule has 110 valence electrons. The fourth-order valence-corrected chi connectivity index (χ4v) is 3.53. The van der Waals surface area contributed by atoms with E-state index in [2.05, 4.69) is 5.32 Å². The van der Waals surface area contributed by atoms with Gasteiger partial charge in [-0.1, -0.05) is 25.4 Å². The third-order valence-corrected chi connectivity index (χ3v) is 5.08. The number of halogens is 1. The largest absolute Gasteiger partial charge is 0.340 e. The number of nitrogens with one attached hydrogen (secondary N) is 1. The summed E-state index contributed by atoms with van der Waals surface area (Å²) in [6.07, 6.45) is 1.19. The minimum Gasteiger partial charge on any atom is -0.340 e. The van der Waals surface area contributed by atoms with Crippen LogP contribution in [0.2, 0.25) is 4.34 Å². The summed E-state index contributed by atoms with van der Waals surface area (Å²) in [7, 11) is 0. The topological polar surface area (TPSA) is 49.4 Å². The van der Waals surface area contributed by atoms with Gasteiger partial charge in [0, 0.05) is 4.88 Å². The van der Waals surface area contributed by atoms with Crippen LogP contribution < -0.4 is 5.32 Å². The van der Waals surface area contributed by atoms with Gasteiger partial charge < -0.3 is 10.2 Å². The van der Waals surface area contributed by atoms with Crippen molar-refractivity contribution in [3.05, 3.63) is 21.3 Å². The van der Waals surface area contributed by atoms with Gasteiger partial charge in [0.15, 0.2) is 0 Å². The van der Waals surface area contributed by atoms with Gasteiger partial charge in [0.1, 0.15) is 11.6 Å². The number of carbonyl (C=O) groups is 2. The van der Waals surface area contributed by atoms with Crippen LogP contribution in [-0.4, -0.2) is 28.3 Å². The van der Waals surface area contributed by atoms with Crippen LogP contribution in [0, 0.1) is 0 Å². The highest BCUT2D eigenvalue weighted by Crippen LogP contribution is 2.28. The van der Waals surface area contributed by atoms with Gasteiger partial charge in [0.05, 0.1) is 10.9 Å². The van der Waals surface area contributed by atoms with E-state index in [1.165, 1.54) is 11.3 Å². The van der Waals surface area contributed by atoms with Crippen molar-refractivity contribution < 1.29 is 9.59 Å². The van der Waals surface area contributed by atoms with Crippen molar-refractivity contribution in [2.24, 2.45) is 0 Å². The third kappa shape index (κ3) is 2.69. The molecule has 1 saturated heterocycles. The maximum atomic E-state index is 12.7. The molecule has 0 aromatic carbocycles. The molecular formula is C14H19ClN2O2S. The highest BCUT2D eigenvalue weighted by Gasteiger charge is 2.46. The first-order chi connectivity index (χ1) is 9.41. The second-order valence-corrected chi connectivity index (χ2v) is 7.04. The molecule has 2 unspecified atom stereocenters. The molecule has 1 aliphatic rings. The third-order valence-electron chi connectivity index (χ3n) is 3.86. The van der Waals surface area contributed by atoms with Gasteiger partial charge >= 0.3 is 0 Å². The normalized spacial score (nSPS) is 26.8. The second-order valence-electron chi connectivity index (χ2n) is 5.24. The molecule has 0 spiro atoms. The molecule has 2 rings (SSSR count). The Hall–Kier alpha value is -1.07. The molecule has 0 radical (unpaired) electrons. The van der Waals surface area contributed by atoms with E-state index in [0.29, 0.717) is 23.7 Å². The Balaban J connectivity index is 2.29. The molecular weight excluding hydrogens is 296 g/mol. The van der Waals surface area contributed by atoms with E-state index in [4.69, 9.17) is 11.6 Å². The first-order valence-corrected chi connectivity index (χ1v) is 7.98. The summed E-state index contributed by atoms with van der Waals surface area (Å²) in [5.74, 6) is -0.0879. The summed E-state index contributed by atoms with van der Waals surface area (Å²) < 4.78 is 0.695. The Morgan fingerprint density at radius 3 is 2.60 bits per heavy atom. The van der Waals surface area contributed by atoms with Crippen molar-refractivity contribution in [2.75, 3.05) is 0 Å². The highest BCUT2D eigenvalue weighted by atomic mass is 35.5. The fourth-order valence-electron chi connectivity index (χ4n) is 2.44. The summed E-state index contributed by atoms with van der Waals surface area (Å²) in [5.41, 5.74) is -0.802. The quantitative estimate of drug-likeness (QED) is 0.929. The van der Waals surface area contributed by atoms with Gasteiger partial charge in [-0.15, -0.1) is 11.3 Å². The number of piperazine rings is 1. The smallest absolute Gasteiger partial charge is 0.249 e. The maximum Gasteiger partial charge on any atom is 0.249 e. The SMILES string of the molecule is CCC1C(=O)NC(C)(CC)C(=O)N1Cc1ccc(Cl)s1. The summed E-state index contributed by atoms with van der Waals surface area (Å²) in [4.78, 5) is 27.6. The molecule has 4 nitrogen and oxygen atoms in total. The molecule has 20 heavy (non-hydrogen) atoms. The van der Waals surface area contributed by atoms with Gasteiger partial charge in [-0.2, -0.15) is 0 Å². The molecule has 6 heteroatoms. The van der Waals surface area contributed by atoms with Crippen LogP contribution in [0.15, 0.2) is 12.1 Å². The van der Waals surface area contributed by atoms with E-state index in [1.54, 1.807) is 11.8 Å². The molecule has 2 amide bonds. The van der Waals surface area contributed by atoms with Gasteiger partial charge in [0.25, 0.3) is 0 Å². The van der Waals surface area contributed by atoms with Crippen LogP contribution in [0.5, 0.6) is 0 Å². The summed E-state index contributed by atoms with van der Waals surface area (Å²) in [5, 5.41) is 2.86. The number of rotatable bonds is 4.